The fourth-order valence-corrected chi connectivity index (χ4v) is 2.35. The molecule has 0 aromatic heterocycles. The average molecular weight is 240 g/mol. The second-order valence-electron chi connectivity index (χ2n) is 5.09. The lowest BCUT2D eigenvalue weighted by Gasteiger charge is -2.14. The fourth-order valence-electron chi connectivity index (χ4n) is 2.35. The molecule has 17 heavy (non-hydrogen) atoms. The zero-order valence-corrected chi connectivity index (χ0v) is 10.6. The number of nitrogens with zero attached hydrogens (tertiary/aromatic N) is 1. The van der Waals surface area contributed by atoms with Gasteiger partial charge in [-0.1, -0.05) is 0 Å². The molecule has 2 rings (SSSR count). The first-order valence-corrected chi connectivity index (χ1v) is 6.59. The summed E-state index contributed by atoms with van der Waals surface area (Å²) in [5, 5.41) is 3.13. The highest BCUT2D eigenvalue weighted by Crippen LogP contribution is 2.49. The Balaban J connectivity index is 1.74. The van der Waals surface area contributed by atoms with Crippen LogP contribution in [0.25, 0.3) is 0 Å². The zero-order valence-electron chi connectivity index (χ0n) is 10.6. The quantitative estimate of drug-likeness (QED) is 0.199. The molecule has 0 saturated heterocycles. The van der Waals surface area contributed by atoms with E-state index in [0.29, 0.717) is 12.6 Å². The number of rotatable bonds is 7. The molecular weight excluding hydrogens is 216 g/mol. The molecule has 0 aliphatic heterocycles. The molecular formula is C12H24N4O. The van der Waals surface area contributed by atoms with Gasteiger partial charge in [0.15, 0.2) is 0 Å². The minimum absolute atomic E-state index is 0.662. The monoisotopic (exact) mass is 240 g/mol. The first-order valence-electron chi connectivity index (χ1n) is 6.59. The molecule has 0 aromatic rings. The lowest BCUT2D eigenvalue weighted by atomic mass is 9.98. The van der Waals surface area contributed by atoms with Gasteiger partial charge in [0, 0.05) is 20.2 Å². The molecule has 4 N–H and O–H groups in total. The number of ether oxygens (including phenoxy) is 1. The molecule has 2 saturated carbocycles. The summed E-state index contributed by atoms with van der Waals surface area (Å²) >= 11 is 0. The van der Waals surface area contributed by atoms with Crippen LogP contribution in [0, 0.1) is 17.8 Å². The average Bonchev–Trinajstić information content (AvgIpc) is 3.19. The molecule has 5 heteroatoms. The smallest absolute Gasteiger partial charge is 0.205 e. The van der Waals surface area contributed by atoms with Gasteiger partial charge in [-0.15, -0.1) is 0 Å². The van der Waals surface area contributed by atoms with Gasteiger partial charge >= 0.3 is 0 Å². The van der Waals surface area contributed by atoms with E-state index in [1.807, 2.05) is 0 Å². The van der Waals surface area contributed by atoms with Crippen LogP contribution in [0.4, 0.5) is 0 Å². The maximum Gasteiger partial charge on any atom is 0.205 e. The predicted octanol–water partition coefficient (Wildman–Crippen LogP) is 0.478. The lowest BCUT2D eigenvalue weighted by molar-refractivity contribution is 0.203. The van der Waals surface area contributed by atoms with Crippen molar-refractivity contribution in [2.24, 2.45) is 28.6 Å². The molecule has 2 aliphatic carbocycles. The molecule has 0 bridgehead atoms. The Hall–Kier alpha value is -0.810. The number of hydrogen-bond donors (Lipinski definition) is 3. The number of guanidine groups is 1. The summed E-state index contributed by atoms with van der Waals surface area (Å²) in [7, 11) is 1.69. The number of hydrogen-bond acceptors (Lipinski definition) is 3. The van der Waals surface area contributed by atoms with Gasteiger partial charge in [0.05, 0.1) is 6.61 Å². The molecule has 5 nitrogen and oxygen atoms in total. The van der Waals surface area contributed by atoms with Gasteiger partial charge in [0.25, 0.3) is 0 Å². The summed E-state index contributed by atoms with van der Waals surface area (Å²) in [4.78, 5) is 4.55. The van der Waals surface area contributed by atoms with E-state index in [2.05, 4.69) is 15.7 Å². The summed E-state index contributed by atoms with van der Waals surface area (Å²) < 4.78 is 4.97. The lowest BCUT2D eigenvalue weighted by Crippen LogP contribution is -2.43. The number of nitrogens with two attached hydrogens (primary N) is 1. The van der Waals surface area contributed by atoms with Crippen LogP contribution < -0.4 is 16.6 Å². The number of hydrazine groups is 1. The van der Waals surface area contributed by atoms with E-state index in [4.69, 9.17) is 10.6 Å². The van der Waals surface area contributed by atoms with Crippen LogP contribution >= 0.6 is 0 Å². The van der Waals surface area contributed by atoms with E-state index in [1.54, 1.807) is 7.11 Å². The number of aliphatic imine (C=N–C) groups is 1. The second kappa shape index (κ2) is 6.21. The van der Waals surface area contributed by atoms with Gasteiger partial charge in [-0.2, -0.15) is 0 Å². The standard InChI is InChI=1S/C12H24N4O/c1-17-7-6-14-12(16-13)15-8-11(9-2-3-9)10-4-5-10/h9-11H,2-8,13H2,1H3,(H2,14,15,16). The largest absolute Gasteiger partial charge is 0.383 e. The van der Waals surface area contributed by atoms with Crippen molar-refractivity contribution in [2.45, 2.75) is 25.7 Å². The molecule has 2 aliphatic rings. The van der Waals surface area contributed by atoms with Crippen LogP contribution in [0.1, 0.15) is 25.7 Å². The van der Waals surface area contributed by atoms with Crippen molar-refractivity contribution in [3.8, 4) is 0 Å². The van der Waals surface area contributed by atoms with Crippen LogP contribution in [0.15, 0.2) is 4.99 Å². The summed E-state index contributed by atoms with van der Waals surface area (Å²) in [6, 6.07) is 0. The molecule has 0 unspecified atom stereocenters. The molecule has 0 heterocycles. The third-order valence-corrected chi connectivity index (χ3v) is 3.65. The van der Waals surface area contributed by atoms with Crippen molar-refractivity contribution < 1.29 is 4.74 Å². The highest BCUT2D eigenvalue weighted by molar-refractivity contribution is 5.79. The van der Waals surface area contributed by atoms with E-state index in [1.165, 1.54) is 25.7 Å². The number of nitrogens with one attached hydrogen (secondary N) is 2. The van der Waals surface area contributed by atoms with E-state index < -0.39 is 0 Å². The first-order chi connectivity index (χ1) is 8.35. The molecule has 0 aromatic carbocycles. The number of methoxy groups -OCH3 is 1. The Morgan fingerprint density at radius 2 is 2.00 bits per heavy atom. The van der Waals surface area contributed by atoms with Crippen LogP contribution in [0.3, 0.4) is 0 Å². The van der Waals surface area contributed by atoms with Crippen LogP contribution in [0.2, 0.25) is 0 Å². The Kier molecular flexibility index (Phi) is 4.62. The Morgan fingerprint density at radius 3 is 2.47 bits per heavy atom. The second-order valence-corrected chi connectivity index (χ2v) is 5.09. The molecule has 98 valence electrons. The van der Waals surface area contributed by atoms with Crippen LogP contribution in [-0.2, 0) is 4.74 Å². The third kappa shape index (κ3) is 4.16. The van der Waals surface area contributed by atoms with Crippen molar-refractivity contribution in [3.05, 3.63) is 0 Å². The summed E-state index contributed by atoms with van der Waals surface area (Å²) in [6.07, 6.45) is 5.61. The third-order valence-electron chi connectivity index (χ3n) is 3.65. The molecule has 0 radical (unpaired) electrons. The van der Waals surface area contributed by atoms with Crippen LogP contribution in [-0.4, -0.2) is 32.8 Å². The Labute approximate surface area is 103 Å². The van der Waals surface area contributed by atoms with Crippen molar-refractivity contribution in [2.75, 3.05) is 26.8 Å². The van der Waals surface area contributed by atoms with Gasteiger partial charge in [-0.25, -0.2) is 5.84 Å². The minimum Gasteiger partial charge on any atom is -0.383 e. The summed E-state index contributed by atoms with van der Waals surface area (Å²) in [5.41, 5.74) is 2.62. The van der Waals surface area contributed by atoms with Gasteiger partial charge in [-0.05, 0) is 43.4 Å². The van der Waals surface area contributed by atoms with Gasteiger partial charge in [0.1, 0.15) is 0 Å². The van der Waals surface area contributed by atoms with Crippen molar-refractivity contribution >= 4 is 5.96 Å². The van der Waals surface area contributed by atoms with E-state index in [-0.39, 0.29) is 0 Å². The normalized spacial score (nSPS) is 20.8. The Bertz CT molecular complexity index is 249. The van der Waals surface area contributed by atoms with Gasteiger partial charge < -0.3 is 10.1 Å². The van der Waals surface area contributed by atoms with Crippen molar-refractivity contribution in [3.63, 3.8) is 0 Å². The summed E-state index contributed by atoms with van der Waals surface area (Å²) in [6.45, 7) is 2.31. The van der Waals surface area contributed by atoms with E-state index >= 15 is 0 Å². The van der Waals surface area contributed by atoms with Gasteiger partial charge in [-0.3, -0.25) is 10.4 Å². The first kappa shape index (κ1) is 12.6. The molecule has 2 fully saturated rings. The predicted molar refractivity (Wildman–Crippen MR) is 68.4 cm³/mol. The van der Waals surface area contributed by atoms with Crippen LogP contribution in [0.5, 0.6) is 0 Å². The minimum atomic E-state index is 0.662. The Morgan fingerprint density at radius 1 is 1.35 bits per heavy atom. The zero-order chi connectivity index (χ0) is 12.1. The van der Waals surface area contributed by atoms with Gasteiger partial charge in [0.2, 0.25) is 5.96 Å². The highest BCUT2D eigenvalue weighted by Gasteiger charge is 2.41. The highest BCUT2D eigenvalue weighted by atomic mass is 16.5. The summed E-state index contributed by atoms with van der Waals surface area (Å²) in [5.74, 6) is 8.79. The maximum absolute atomic E-state index is 5.44. The fraction of sp³-hybridized carbons (Fsp3) is 0.917. The SMILES string of the molecule is COCCNC(=NCC(C1CC1)C1CC1)NN. The van der Waals surface area contributed by atoms with Crippen molar-refractivity contribution in [1.82, 2.24) is 10.7 Å². The molecule has 0 atom stereocenters. The maximum atomic E-state index is 5.44. The van der Waals surface area contributed by atoms with E-state index in [9.17, 15) is 0 Å². The molecule has 0 amide bonds. The van der Waals surface area contributed by atoms with E-state index in [0.717, 1.165) is 30.8 Å². The topological polar surface area (TPSA) is 71.7 Å². The molecule has 0 spiro atoms. The van der Waals surface area contributed by atoms with Crippen molar-refractivity contribution in [1.29, 1.82) is 0 Å².